The summed E-state index contributed by atoms with van der Waals surface area (Å²) in [7, 11) is 0. The van der Waals surface area contributed by atoms with Crippen molar-refractivity contribution in [1.29, 1.82) is 0 Å². The van der Waals surface area contributed by atoms with E-state index in [-0.39, 0.29) is 11.4 Å². The summed E-state index contributed by atoms with van der Waals surface area (Å²) < 4.78 is 31.9. The number of halogens is 2. The third-order valence-corrected chi connectivity index (χ3v) is 3.32. The van der Waals surface area contributed by atoms with Gasteiger partial charge in [-0.05, 0) is 29.3 Å². The van der Waals surface area contributed by atoms with E-state index in [1.54, 1.807) is 18.2 Å². The van der Waals surface area contributed by atoms with Gasteiger partial charge in [-0.1, -0.05) is 6.07 Å². The Morgan fingerprint density at radius 1 is 1.10 bits per heavy atom. The van der Waals surface area contributed by atoms with E-state index >= 15 is 0 Å². The molecule has 108 valence electrons. The molecule has 6 heteroatoms. The molecule has 3 rings (SSSR count). The van der Waals surface area contributed by atoms with Gasteiger partial charge in [-0.15, -0.1) is 0 Å². The minimum Gasteiger partial charge on any atom is -0.396 e. The van der Waals surface area contributed by atoms with Crippen LogP contribution in [0, 0.1) is 11.6 Å². The second kappa shape index (κ2) is 5.14. The average molecular weight is 290 g/mol. The summed E-state index contributed by atoms with van der Waals surface area (Å²) in [6.07, 6.45) is 0. The van der Waals surface area contributed by atoms with Gasteiger partial charge >= 0.3 is 0 Å². The highest BCUT2D eigenvalue weighted by Crippen LogP contribution is 2.24. The van der Waals surface area contributed by atoms with E-state index in [1.807, 2.05) is 0 Å². The minimum atomic E-state index is -0.875. The Morgan fingerprint density at radius 2 is 1.86 bits per heavy atom. The van der Waals surface area contributed by atoms with Crippen molar-refractivity contribution in [2.24, 2.45) is 0 Å². The van der Waals surface area contributed by atoms with Crippen LogP contribution >= 0.6 is 0 Å². The van der Waals surface area contributed by atoms with Gasteiger partial charge in [-0.3, -0.25) is 4.79 Å². The van der Waals surface area contributed by atoms with E-state index in [0.29, 0.717) is 24.8 Å². The quantitative estimate of drug-likeness (QED) is 0.836. The molecule has 1 heterocycles. The van der Waals surface area contributed by atoms with Crippen LogP contribution in [0.2, 0.25) is 0 Å². The first-order valence-electron chi connectivity index (χ1n) is 6.30. The van der Waals surface area contributed by atoms with Crippen molar-refractivity contribution in [2.75, 3.05) is 11.1 Å². The predicted molar refractivity (Wildman–Crippen MR) is 73.7 cm³/mol. The number of rotatable bonds is 2. The van der Waals surface area contributed by atoms with E-state index in [9.17, 15) is 13.6 Å². The fourth-order valence-corrected chi connectivity index (χ4v) is 2.17. The van der Waals surface area contributed by atoms with E-state index in [4.69, 9.17) is 10.5 Å². The Balaban J connectivity index is 1.85. The number of ether oxygens (including phenoxy) is 1. The number of nitrogens with one attached hydrogen (secondary N) is 1. The monoisotopic (exact) mass is 290 g/mol. The normalized spacial score (nSPS) is 13.0. The summed E-state index contributed by atoms with van der Waals surface area (Å²) in [5.74, 6) is -2.23. The van der Waals surface area contributed by atoms with Gasteiger partial charge in [0.25, 0.3) is 5.91 Å². The Morgan fingerprint density at radius 3 is 2.67 bits per heavy atom. The summed E-state index contributed by atoms with van der Waals surface area (Å²) in [5.41, 5.74) is 7.32. The van der Waals surface area contributed by atoms with Crippen LogP contribution in [0.1, 0.15) is 21.5 Å². The molecule has 0 fully saturated rings. The Kier molecular flexibility index (Phi) is 3.31. The molecule has 1 amide bonds. The lowest BCUT2D eigenvalue weighted by Gasteiger charge is -2.09. The van der Waals surface area contributed by atoms with Gasteiger partial charge in [-0.25, -0.2) is 8.78 Å². The predicted octanol–water partition coefficient (Wildman–Crippen LogP) is 2.83. The van der Waals surface area contributed by atoms with Gasteiger partial charge in [0.1, 0.15) is 11.6 Å². The molecule has 0 radical (unpaired) electrons. The van der Waals surface area contributed by atoms with Gasteiger partial charge in [0, 0.05) is 11.6 Å². The molecule has 0 aliphatic carbocycles. The number of anilines is 2. The highest BCUT2D eigenvalue weighted by atomic mass is 19.1. The summed E-state index contributed by atoms with van der Waals surface area (Å²) in [4.78, 5) is 12.1. The summed E-state index contributed by atoms with van der Waals surface area (Å²) in [6, 6.07) is 6.82. The van der Waals surface area contributed by atoms with E-state index in [1.165, 1.54) is 0 Å². The number of nitrogen functional groups attached to an aromatic ring is 1. The lowest BCUT2D eigenvalue weighted by molar-refractivity contribution is 0.102. The first kappa shape index (κ1) is 13.5. The molecule has 0 unspecified atom stereocenters. The van der Waals surface area contributed by atoms with Gasteiger partial charge in [0.15, 0.2) is 0 Å². The van der Waals surface area contributed by atoms with Crippen LogP contribution in [0.15, 0.2) is 30.3 Å². The molecular formula is C15H12F2N2O2. The van der Waals surface area contributed by atoms with Gasteiger partial charge in [0.2, 0.25) is 0 Å². The summed E-state index contributed by atoms with van der Waals surface area (Å²) in [6.45, 7) is 0.981. The SMILES string of the molecule is Nc1cc(NC(=O)c2ccc3c(c2)COC3)c(F)cc1F. The Hall–Kier alpha value is -2.47. The molecular weight excluding hydrogens is 278 g/mol. The molecule has 0 saturated heterocycles. The number of carbonyl (C=O) groups is 1. The molecule has 0 spiro atoms. The van der Waals surface area contributed by atoms with Crippen molar-refractivity contribution in [3.63, 3.8) is 0 Å². The number of amides is 1. The Bertz CT molecular complexity index is 732. The van der Waals surface area contributed by atoms with Crippen LogP contribution in [0.5, 0.6) is 0 Å². The summed E-state index contributed by atoms with van der Waals surface area (Å²) in [5, 5.41) is 2.38. The van der Waals surface area contributed by atoms with Crippen molar-refractivity contribution >= 4 is 17.3 Å². The third kappa shape index (κ3) is 2.57. The van der Waals surface area contributed by atoms with Gasteiger partial charge in [-0.2, -0.15) is 0 Å². The van der Waals surface area contributed by atoms with Crippen LogP contribution in [0.25, 0.3) is 0 Å². The van der Waals surface area contributed by atoms with Crippen molar-refractivity contribution in [1.82, 2.24) is 0 Å². The Labute approximate surface area is 119 Å². The van der Waals surface area contributed by atoms with Crippen molar-refractivity contribution < 1.29 is 18.3 Å². The maximum Gasteiger partial charge on any atom is 0.255 e. The van der Waals surface area contributed by atoms with Gasteiger partial charge < -0.3 is 15.8 Å². The van der Waals surface area contributed by atoms with Crippen LogP contribution in [0.4, 0.5) is 20.2 Å². The van der Waals surface area contributed by atoms with Crippen LogP contribution in [-0.4, -0.2) is 5.91 Å². The standard InChI is InChI=1S/C15H12F2N2O2/c16-11-4-12(17)14(5-13(11)18)19-15(20)8-1-2-9-6-21-7-10(9)3-8/h1-5H,6-7,18H2,(H,19,20). The van der Waals surface area contributed by atoms with Crippen LogP contribution in [0.3, 0.4) is 0 Å². The molecule has 3 N–H and O–H groups in total. The first-order valence-corrected chi connectivity index (χ1v) is 6.30. The second-order valence-corrected chi connectivity index (χ2v) is 4.78. The molecule has 4 nitrogen and oxygen atoms in total. The van der Waals surface area contributed by atoms with Crippen molar-refractivity contribution in [2.45, 2.75) is 13.2 Å². The summed E-state index contributed by atoms with van der Waals surface area (Å²) >= 11 is 0. The number of fused-ring (bicyclic) bond motifs is 1. The maximum atomic E-state index is 13.6. The average Bonchev–Trinajstić information content (AvgIpc) is 2.92. The lowest BCUT2D eigenvalue weighted by atomic mass is 10.1. The smallest absolute Gasteiger partial charge is 0.255 e. The third-order valence-electron chi connectivity index (χ3n) is 3.32. The topological polar surface area (TPSA) is 64.3 Å². The molecule has 2 aromatic rings. The molecule has 0 saturated carbocycles. The lowest BCUT2D eigenvalue weighted by Crippen LogP contribution is -2.14. The number of hydrogen-bond acceptors (Lipinski definition) is 3. The zero-order chi connectivity index (χ0) is 15.0. The van der Waals surface area contributed by atoms with E-state index in [2.05, 4.69) is 5.32 Å². The fraction of sp³-hybridized carbons (Fsp3) is 0.133. The maximum absolute atomic E-state index is 13.6. The zero-order valence-corrected chi connectivity index (χ0v) is 11.0. The zero-order valence-electron chi connectivity index (χ0n) is 11.0. The first-order chi connectivity index (χ1) is 10.0. The minimum absolute atomic E-state index is 0.157. The van der Waals surface area contributed by atoms with E-state index < -0.39 is 17.5 Å². The number of carbonyl (C=O) groups excluding carboxylic acids is 1. The van der Waals surface area contributed by atoms with Crippen molar-refractivity contribution in [3.8, 4) is 0 Å². The second-order valence-electron chi connectivity index (χ2n) is 4.78. The highest BCUT2D eigenvalue weighted by molar-refractivity contribution is 6.04. The molecule has 1 aliphatic heterocycles. The molecule has 0 bridgehead atoms. The van der Waals surface area contributed by atoms with E-state index in [0.717, 1.165) is 17.2 Å². The number of nitrogens with two attached hydrogens (primary N) is 1. The highest BCUT2D eigenvalue weighted by Gasteiger charge is 2.16. The molecule has 0 atom stereocenters. The molecule has 0 aromatic heterocycles. The van der Waals surface area contributed by atoms with Gasteiger partial charge in [0.05, 0.1) is 24.6 Å². The van der Waals surface area contributed by atoms with Crippen LogP contribution in [-0.2, 0) is 18.0 Å². The molecule has 21 heavy (non-hydrogen) atoms. The molecule has 2 aromatic carbocycles. The van der Waals surface area contributed by atoms with Crippen molar-refractivity contribution in [3.05, 3.63) is 58.7 Å². The fourth-order valence-electron chi connectivity index (χ4n) is 2.17. The van der Waals surface area contributed by atoms with Crippen LogP contribution < -0.4 is 11.1 Å². The molecule has 1 aliphatic rings. The number of benzene rings is 2. The number of hydrogen-bond donors (Lipinski definition) is 2. The largest absolute Gasteiger partial charge is 0.396 e.